The van der Waals surface area contributed by atoms with Crippen LogP contribution < -0.4 is 5.32 Å². The Hall–Kier alpha value is -1.63. The average molecular weight is 244 g/mol. The lowest BCUT2D eigenvalue weighted by Gasteiger charge is -2.05. The third-order valence-electron chi connectivity index (χ3n) is 2.30. The first-order valence-electron chi connectivity index (χ1n) is 5.08. The van der Waals surface area contributed by atoms with Gasteiger partial charge in [-0.3, -0.25) is 0 Å². The summed E-state index contributed by atoms with van der Waals surface area (Å²) in [5.74, 6) is 0.527. The van der Waals surface area contributed by atoms with Crippen LogP contribution in [0.5, 0.6) is 0 Å². The van der Waals surface area contributed by atoms with Crippen molar-refractivity contribution >= 4 is 5.65 Å². The molecule has 0 radical (unpaired) electrons. The summed E-state index contributed by atoms with van der Waals surface area (Å²) in [6, 6.07) is 2.32. The van der Waals surface area contributed by atoms with Gasteiger partial charge in [0.15, 0.2) is 11.5 Å². The molecule has 0 amide bonds. The van der Waals surface area contributed by atoms with Crippen LogP contribution in [0, 0.1) is 0 Å². The van der Waals surface area contributed by atoms with Crippen molar-refractivity contribution in [3.05, 3.63) is 29.7 Å². The number of hydrogen-bond acceptors (Lipinski definition) is 3. The molecule has 92 valence electrons. The molecule has 1 N–H and O–H groups in total. The zero-order chi connectivity index (χ0) is 12.5. The predicted octanol–water partition coefficient (Wildman–Crippen LogP) is 1.51. The molecule has 0 aliphatic carbocycles. The van der Waals surface area contributed by atoms with E-state index in [1.54, 1.807) is 7.05 Å². The van der Waals surface area contributed by atoms with Crippen LogP contribution in [0.1, 0.15) is 11.4 Å². The van der Waals surface area contributed by atoms with Crippen molar-refractivity contribution in [3.63, 3.8) is 0 Å². The van der Waals surface area contributed by atoms with E-state index in [1.807, 2.05) is 0 Å². The Kier molecular flexibility index (Phi) is 3.01. The Morgan fingerprint density at radius 3 is 2.76 bits per heavy atom. The molecule has 0 bridgehead atoms. The first kappa shape index (κ1) is 11.8. The van der Waals surface area contributed by atoms with Gasteiger partial charge >= 0.3 is 6.18 Å². The van der Waals surface area contributed by atoms with E-state index < -0.39 is 11.7 Å². The fourth-order valence-electron chi connectivity index (χ4n) is 1.44. The quantitative estimate of drug-likeness (QED) is 0.889. The molecule has 0 saturated carbocycles. The number of fused-ring (bicyclic) bond motifs is 1. The standard InChI is InChI=1S/C10H11F3N4/c1-14-5-4-8-15-9-3-2-7(10(11,12)13)6-17(9)16-8/h2-3,6,14H,4-5H2,1H3. The second-order valence-corrected chi connectivity index (χ2v) is 3.60. The molecule has 7 heteroatoms. The maximum atomic E-state index is 12.5. The lowest BCUT2D eigenvalue weighted by atomic mass is 10.3. The number of likely N-dealkylation sites (N-methyl/N-ethyl adjacent to an activating group) is 1. The molecular weight excluding hydrogens is 233 g/mol. The van der Waals surface area contributed by atoms with E-state index in [9.17, 15) is 13.2 Å². The van der Waals surface area contributed by atoms with E-state index in [4.69, 9.17) is 0 Å². The molecule has 0 spiro atoms. The number of nitrogens with zero attached hydrogens (tertiary/aromatic N) is 3. The lowest BCUT2D eigenvalue weighted by molar-refractivity contribution is -0.137. The van der Waals surface area contributed by atoms with Gasteiger partial charge in [-0.15, -0.1) is 0 Å². The third kappa shape index (κ3) is 2.55. The fraction of sp³-hybridized carbons (Fsp3) is 0.400. The molecule has 2 rings (SSSR count). The van der Waals surface area contributed by atoms with Gasteiger partial charge in [0.05, 0.1) is 5.56 Å². The molecule has 0 aromatic carbocycles. The maximum absolute atomic E-state index is 12.5. The summed E-state index contributed by atoms with van der Waals surface area (Å²) in [6.07, 6.45) is -2.82. The van der Waals surface area contributed by atoms with E-state index in [0.717, 1.165) is 16.8 Å². The van der Waals surface area contributed by atoms with Crippen LogP contribution >= 0.6 is 0 Å². The predicted molar refractivity (Wildman–Crippen MR) is 55.6 cm³/mol. The number of halogens is 3. The van der Waals surface area contributed by atoms with Crippen LogP contribution in [0.4, 0.5) is 13.2 Å². The molecule has 4 nitrogen and oxygen atoms in total. The highest BCUT2D eigenvalue weighted by atomic mass is 19.4. The molecule has 17 heavy (non-hydrogen) atoms. The van der Waals surface area contributed by atoms with Crippen LogP contribution in [0.2, 0.25) is 0 Å². The van der Waals surface area contributed by atoms with Gasteiger partial charge in [0.1, 0.15) is 0 Å². The minimum Gasteiger partial charge on any atom is -0.319 e. The first-order valence-corrected chi connectivity index (χ1v) is 5.08. The minimum atomic E-state index is -4.36. The average Bonchev–Trinajstić information content (AvgIpc) is 2.66. The van der Waals surface area contributed by atoms with E-state index >= 15 is 0 Å². The number of nitrogens with one attached hydrogen (secondary N) is 1. The second kappa shape index (κ2) is 4.33. The molecule has 0 atom stereocenters. The molecular formula is C10H11F3N4. The largest absolute Gasteiger partial charge is 0.417 e. The summed E-state index contributed by atoms with van der Waals surface area (Å²) in [5, 5.41) is 6.92. The normalized spacial score (nSPS) is 12.2. The summed E-state index contributed by atoms with van der Waals surface area (Å²) in [7, 11) is 1.79. The SMILES string of the molecule is CNCCc1nc2ccc(C(F)(F)F)cn2n1. The number of hydrogen-bond donors (Lipinski definition) is 1. The Morgan fingerprint density at radius 1 is 1.35 bits per heavy atom. The Bertz CT molecular complexity index is 518. The minimum absolute atomic E-state index is 0.420. The fourth-order valence-corrected chi connectivity index (χ4v) is 1.44. The second-order valence-electron chi connectivity index (χ2n) is 3.60. The highest BCUT2D eigenvalue weighted by Gasteiger charge is 2.31. The van der Waals surface area contributed by atoms with E-state index in [0.29, 0.717) is 24.4 Å². The van der Waals surface area contributed by atoms with Crippen LogP contribution in [-0.4, -0.2) is 28.2 Å². The Balaban J connectivity index is 2.34. The van der Waals surface area contributed by atoms with Crippen molar-refractivity contribution in [2.24, 2.45) is 0 Å². The number of pyridine rings is 1. The van der Waals surface area contributed by atoms with Gasteiger partial charge in [0.25, 0.3) is 0 Å². The van der Waals surface area contributed by atoms with E-state index in [-0.39, 0.29) is 0 Å². The Morgan fingerprint density at radius 2 is 2.12 bits per heavy atom. The van der Waals surface area contributed by atoms with Crippen LogP contribution in [0.3, 0.4) is 0 Å². The van der Waals surface area contributed by atoms with E-state index in [1.165, 1.54) is 6.07 Å². The molecule has 0 fully saturated rings. The zero-order valence-electron chi connectivity index (χ0n) is 9.12. The first-order chi connectivity index (χ1) is 8.00. The Labute approximate surface area is 95.5 Å². The van der Waals surface area contributed by atoms with Gasteiger partial charge in [0, 0.05) is 19.2 Å². The summed E-state index contributed by atoms with van der Waals surface area (Å²) in [6.45, 7) is 0.684. The van der Waals surface area contributed by atoms with Crippen molar-refractivity contribution in [1.29, 1.82) is 0 Å². The van der Waals surface area contributed by atoms with Crippen molar-refractivity contribution in [3.8, 4) is 0 Å². The van der Waals surface area contributed by atoms with Gasteiger partial charge in [-0.1, -0.05) is 0 Å². The molecule has 2 aromatic rings. The lowest BCUT2D eigenvalue weighted by Crippen LogP contribution is -2.11. The van der Waals surface area contributed by atoms with E-state index in [2.05, 4.69) is 15.4 Å². The maximum Gasteiger partial charge on any atom is 0.417 e. The summed E-state index contributed by atoms with van der Waals surface area (Å²) >= 11 is 0. The van der Waals surface area contributed by atoms with Gasteiger partial charge in [-0.2, -0.15) is 18.3 Å². The highest BCUT2D eigenvalue weighted by molar-refractivity contribution is 5.39. The van der Waals surface area contributed by atoms with Gasteiger partial charge in [-0.25, -0.2) is 9.50 Å². The van der Waals surface area contributed by atoms with Gasteiger partial charge < -0.3 is 5.32 Å². The van der Waals surface area contributed by atoms with Crippen molar-refractivity contribution in [1.82, 2.24) is 19.9 Å². The summed E-state index contributed by atoms with van der Waals surface area (Å²) in [5.41, 5.74) is -0.306. The van der Waals surface area contributed by atoms with Crippen LogP contribution in [-0.2, 0) is 12.6 Å². The third-order valence-corrected chi connectivity index (χ3v) is 2.30. The molecule has 0 unspecified atom stereocenters. The van der Waals surface area contributed by atoms with Gasteiger partial charge in [-0.05, 0) is 19.2 Å². The van der Waals surface area contributed by atoms with Crippen LogP contribution in [0.15, 0.2) is 18.3 Å². The zero-order valence-corrected chi connectivity index (χ0v) is 9.12. The number of aromatic nitrogens is 3. The molecule has 0 aliphatic heterocycles. The van der Waals surface area contributed by atoms with Gasteiger partial charge in [0.2, 0.25) is 0 Å². The summed E-state index contributed by atoms with van der Waals surface area (Å²) in [4.78, 5) is 4.12. The smallest absolute Gasteiger partial charge is 0.319 e. The molecule has 2 heterocycles. The molecule has 0 aliphatic rings. The summed E-state index contributed by atoms with van der Waals surface area (Å²) < 4.78 is 38.5. The number of rotatable bonds is 3. The highest BCUT2D eigenvalue weighted by Crippen LogP contribution is 2.28. The number of alkyl halides is 3. The van der Waals surface area contributed by atoms with Crippen molar-refractivity contribution < 1.29 is 13.2 Å². The van der Waals surface area contributed by atoms with Crippen molar-refractivity contribution in [2.45, 2.75) is 12.6 Å². The topological polar surface area (TPSA) is 42.2 Å². The van der Waals surface area contributed by atoms with Crippen molar-refractivity contribution in [2.75, 3.05) is 13.6 Å². The monoisotopic (exact) mass is 244 g/mol. The molecule has 2 aromatic heterocycles. The van der Waals surface area contributed by atoms with Crippen LogP contribution in [0.25, 0.3) is 5.65 Å². The molecule has 0 saturated heterocycles.